The molecule has 242 valence electrons. The van der Waals surface area contributed by atoms with E-state index in [1.807, 2.05) is 31.6 Å². The molecule has 0 spiro atoms. The van der Waals surface area contributed by atoms with Gasteiger partial charge in [0.1, 0.15) is 18.0 Å². The predicted molar refractivity (Wildman–Crippen MR) is 186 cm³/mol. The minimum absolute atomic E-state index is 0.104. The van der Waals surface area contributed by atoms with Crippen LogP contribution in [0.2, 0.25) is 25.7 Å². The molecule has 0 atom stereocenters. The Bertz CT molecular complexity index is 1550. The second-order valence-corrected chi connectivity index (χ2v) is 20.9. The molecule has 11 heteroatoms. The van der Waals surface area contributed by atoms with E-state index in [0.717, 1.165) is 66.3 Å². The quantitative estimate of drug-likeness (QED) is 0.0850. The molecule has 3 aromatic heterocycles. The van der Waals surface area contributed by atoms with Gasteiger partial charge in [0.05, 0.1) is 5.39 Å². The highest BCUT2D eigenvalue weighted by Gasteiger charge is 2.26. The van der Waals surface area contributed by atoms with E-state index >= 15 is 0 Å². The fraction of sp³-hybridized carbons (Fsp3) is 0.529. The molecule has 9 nitrogen and oxygen atoms in total. The van der Waals surface area contributed by atoms with E-state index in [9.17, 15) is 4.79 Å². The normalized spacial score (nSPS) is 17.4. The van der Waals surface area contributed by atoms with E-state index in [4.69, 9.17) is 24.5 Å². The molecule has 1 aliphatic rings. The molecule has 3 heterocycles. The van der Waals surface area contributed by atoms with Crippen molar-refractivity contribution in [3.8, 4) is 11.3 Å². The molecule has 1 fully saturated rings. The Morgan fingerprint density at radius 2 is 1.91 bits per heavy atom. The van der Waals surface area contributed by atoms with Gasteiger partial charge in [0.2, 0.25) is 5.95 Å². The number of thiophene rings is 1. The van der Waals surface area contributed by atoms with Crippen LogP contribution in [-0.4, -0.2) is 52.0 Å². The van der Waals surface area contributed by atoms with Gasteiger partial charge in [0, 0.05) is 56.0 Å². The second kappa shape index (κ2) is 14.4. The average molecular weight is 649 g/mol. The monoisotopic (exact) mass is 648 g/mol. The number of hydrogen-bond acceptors (Lipinski definition) is 9. The molecule has 0 amide bonds. The molecule has 4 aromatic rings. The third kappa shape index (κ3) is 9.85. The molecule has 1 aliphatic carbocycles. The van der Waals surface area contributed by atoms with Crippen LogP contribution in [0.4, 0.5) is 11.6 Å². The van der Waals surface area contributed by atoms with Crippen molar-refractivity contribution >= 4 is 48.0 Å². The highest BCUT2D eigenvalue weighted by Crippen LogP contribution is 2.32. The van der Waals surface area contributed by atoms with Crippen molar-refractivity contribution in [3.05, 3.63) is 52.9 Å². The van der Waals surface area contributed by atoms with Crippen LogP contribution in [0.5, 0.6) is 0 Å². The van der Waals surface area contributed by atoms with Gasteiger partial charge in [-0.2, -0.15) is 10.1 Å². The van der Waals surface area contributed by atoms with Crippen LogP contribution in [-0.2, 0) is 27.5 Å². The Hall–Kier alpha value is -3.28. The summed E-state index contributed by atoms with van der Waals surface area (Å²) in [5.41, 5.74) is 3.20. The van der Waals surface area contributed by atoms with E-state index < -0.39 is 13.7 Å². The first kappa shape index (κ1) is 33.1. The number of carbonyl (C=O) groups excluding carboxylic acids is 1. The Morgan fingerprint density at radius 3 is 2.62 bits per heavy atom. The zero-order chi connectivity index (χ0) is 32.0. The van der Waals surface area contributed by atoms with Gasteiger partial charge in [0.25, 0.3) is 0 Å². The number of aromatic nitrogens is 4. The lowest BCUT2D eigenvalue weighted by molar-refractivity contribution is -0.156. The number of fused-ring (bicyclic) bond motifs is 1. The van der Waals surface area contributed by atoms with Gasteiger partial charge >= 0.3 is 5.97 Å². The Kier molecular flexibility index (Phi) is 10.6. The zero-order valence-electron chi connectivity index (χ0n) is 27.6. The number of hydrogen-bond donors (Lipinski definition) is 2. The van der Waals surface area contributed by atoms with Crippen LogP contribution in [0.1, 0.15) is 57.8 Å². The molecule has 0 radical (unpaired) electrons. The molecule has 45 heavy (non-hydrogen) atoms. The predicted octanol–water partition coefficient (Wildman–Crippen LogP) is 8.18. The molecular formula is C34H48N6O3SSi. The van der Waals surface area contributed by atoms with Crippen molar-refractivity contribution < 1.29 is 14.3 Å². The maximum Gasteiger partial charge on any atom is 0.306 e. The topological polar surface area (TPSA) is 103 Å². The smallest absolute Gasteiger partial charge is 0.306 e. The summed E-state index contributed by atoms with van der Waals surface area (Å²) in [6, 6.07) is 13.9. The summed E-state index contributed by atoms with van der Waals surface area (Å²) in [5.74, 6) is 0.848. The molecule has 0 bridgehead atoms. The first-order valence-electron chi connectivity index (χ1n) is 16.1. The van der Waals surface area contributed by atoms with Gasteiger partial charge in [-0.05, 0) is 82.0 Å². The Labute approximate surface area is 272 Å². The molecule has 0 aliphatic heterocycles. The summed E-state index contributed by atoms with van der Waals surface area (Å²) in [6.45, 7) is 14.6. The molecule has 1 aromatic carbocycles. The van der Waals surface area contributed by atoms with Crippen molar-refractivity contribution in [2.75, 3.05) is 17.2 Å². The van der Waals surface area contributed by atoms with Gasteiger partial charge in [-0.1, -0.05) is 37.8 Å². The summed E-state index contributed by atoms with van der Waals surface area (Å²) in [7, 11) is -1.21. The van der Waals surface area contributed by atoms with Gasteiger partial charge < -0.3 is 20.1 Å². The van der Waals surface area contributed by atoms with Crippen molar-refractivity contribution in [1.29, 1.82) is 0 Å². The van der Waals surface area contributed by atoms with Crippen LogP contribution in [0.3, 0.4) is 0 Å². The Balaban J connectivity index is 1.30. The van der Waals surface area contributed by atoms with Crippen LogP contribution in [0, 0.1) is 5.92 Å². The van der Waals surface area contributed by atoms with Crippen molar-refractivity contribution in [2.45, 2.75) is 103 Å². The summed E-state index contributed by atoms with van der Waals surface area (Å²) < 4.78 is 13.5. The lowest BCUT2D eigenvalue weighted by Gasteiger charge is -2.29. The second-order valence-electron chi connectivity index (χ2n) is 14.3. The third-order valence-electron chi connectivity index (χ3n) is 7.94. The number of nitrogens with zero attached hydrogens (tertiary/aromatic N) is 4. The van der Waals surface area contributed by atoms with E-state index in [-0.39, 0.29) is 12.0 Å². The maximum absolute atomic E-state index is 12.3. The summed E-state index contributed by atoms with van der Waals surface area (Å²) >= 11 is 1.75. The van der Waals surface area contributed by atoms with E-state index in [2.05, 4.69) is 72.1 Å². The minimum atomic E-state index is -1.21. The van der Waals surface area contributed by atoms with Crippen LogP contribution in [0.25, 0.3) is 22.3 Å². The van der Waals surface area contributed by atoms with Gasteiger partial charge in [0.15, 0.2) is 5.65 Å². The lowest BCUT2D eigenvalue weighted by Crippen LogP contribution is -2.30. The first-order valence-corrected chi connectivity index (χ1v) is 20.7. The lowest BCUT2D eigenvalue weighted by atomic mass is 9.84. The highest BCUT2D eigenvalue weighted by molar-refractivity contribution is 7.09. The van der Waals surface area contributed by atoms with Crippen LogP contribution >= 0.6 is 11.3 Å². The molecule has 2 N–H and O–H groups in total. The number of ether oxygens (including phenoxy) is 2. The number of anilines is 2. The minimum Gasteiger partial charge on any atom is -0.460 e. The van der Waals surface area contributed by atoms with Gasteiger partial charge in [-0.3, -0.25) is 4.79 Å². The van der Waals surface area contributed by atoms with Crippen LogP contribution in [0.15, 0.2) is 48.0 Å². The number of rotatable bonds is 13. The third-order valence-corrected chi connectivity index (χ3v) is 10.5. The highest BCUT2D eigenvalue weighted by atomic mass is 32.1. The van der Waals surface area contributed by atoms with Crippen LogP contribution < -0.4 is 10.6 Å². The average Bonchev–Trinajstić information content (AvgIpc) is 3.62. The number of benzene rings is 1. The molecule has 0 saturated heterocycles. The standard InChI is InChI=1S/C34H48N6O3SSi/c1-34(2,3)43-30(41)19-24-12-14-26(15-13-24)37-33-36-22-29-31(39-40(32(29)38-33)23-42-16-18-45(4,5)6)25-9-7-10-27(20-25)35-21-28-11-8-17-44-28/h7-11,17,20,22,24,26,35H,12-16,18-19,21,23H2,1-6H3,(H,36,37,38). The summed E-state index contributed by atoms with van der Waals surface area (Å²) in [5, 5.41) is 15.1. The fourth-order valence-electron chi connectivity index (χ4n) is 5.55. The maximum atomic E-state index is 12.3. The molecular weight excluding hydrogens is 601 g/mol. The van der Waals surface area contributed by atoms with Crippen molar-refractivity contribution in [3.63, 3.8) is 0 Å². The van der Waals surface area contributed by atoms with E-state index in [0.29, 0.717) is 31.6 Å². The Morgan fingerprint density at radius 1 is 1.11 bits per heavy atom. The first-order chi connectivity index (χ1) is 21.4. The van der Waals surface area contributed by atoms with Crippen molar-refractivity contribution in [1.82, 2.24) is 19.7 Å². The van der Waals surface area contributed by atoms with Crippen molar-refractivity contribution in [2.24, 2.45) is 5.92 Å². The largest absolute Gasteiger partial charge is 0.460 e. The van der Waals surface area contributed by atoms with E-state index in [1.165, 1.54) is 4.88 Å². The number of nitrogens with one attached hydrogen (secondary N) is 2. The van der Waals surface area contributed by atoms with Gasteiger partial charge in [-0.15, -0.1) is 11.3 Å². The summed E-state index contributed by atoms with van der Waals surface area (Å²) in [6.07, 6.45) is 6.24. The molecule has 0 unspecified atom stereocenters. The SMILES string of the molecule is CC(C)(C)OC(=O)CC1CCC(Nc2ncc3c(-c4cccc(NCc5cccs5)c4)nn(COCC[Si](C)(C)C)c3n2)CC1. The zero-order valence-corrected chi connectivity index (χ0v) is 29.4. The fourth-order valence-corrected chi connectivity index (χ4v) is 6.95. The van der Waals surface area contributed by atoms with Gasteiger partial charge in [-0.25, -0.2) is 9.67 Å². The van der Waals surface area contributed by atoms with E-state index in [1.54, 1.807) is 11.3 Å². The molecule has 1 saturated carbocycles. The summed E-state index contributed by atoms with van der Waals surface area (Å²) in [4.78, 5) is 23.3. The molecule has 5 rings (SSSR count). The number of esters is 1. The number of carbonyl (C=O) groups is 1.